The minimum Gasteiger partial charge on any atom is -0.266 e. The van der Waals surface area contributed by atoms with E-state index in [4.69, 9.17) is 0 Å². The van der Waals surface area contributed by atoms with Crippen LogP contribution in [0.25, 0.3) is 0 Å². The molecular weight excluding hydrogens is 326 g/mol. The summed E-state index contributed by atoms with van der Waals surface area (Å²) in [6.45, 7) is 5.64. The van der Waals surface area contributed by atoms with Gasteiger partial charge in [0.25, 0.3) is 5.91 Å². The molecule has 0 saturated heterocycles. The maximum atomic E-state index is 12.4. The van der Waals surface area contributed by atoms with Crippen LogP contribution in [0.3, 0.4) is 0 Å². The summed E-state index contributed by atoms with van der Waals surface area (Å²) in [7, 11) is 0. The molecule has 0 aliphatic heterocycles. The van der Waals surface area contributed by atoms with E-state index in [1.54, 1.807) is 12.1 Å². The van der Waals surface area contributed by atoms with Crippen molar-refractivity contribution in [2.45, 2.75) is 20.8 Å². The van der Waals surface area contributed by atoms with E-state index in [9.17, 15) is 4.79 Å². The normalized spacial score (nSPS) is 10.3. The van der Waals surface area contributed by atoms with E-state index in [1.165, 1.54) is 0 Å². The smallest absolute Gasteiger partial charge is 0.266 e. The fourth-order valence-corrected chi connectivity index (χ4v) is 2.43. The first kappa shape index (κ1) is 17.4. The van der Waals surface area contributed by atoms with Crippen LogP contribution in [0.2, 0.25) is 0 Å². The van der Waals surface area contributed by atoms with Crippen LogP contribution in [0, 0.1) is 20.8 Å². The average molecular weight is 345 g/mol. The lowest BCUT2D eigenvalue weighted by atomic mass is 10.1. The van der Waals surface area contributed by atoms with Gasteiger partial charge in [0.2, 0.25) is 0 Å². The van der Waals surface area contributed by atoms with E-state index in [0.29, 0.717) is 22.8 Å². The fraction of sp³-hybridized carbons (Fsp3) is 0.150. The zero-order valence-electron chi connectivity index (χ0n) is 14.9. The number of nitrogens with one attached hydrogen (secondary N) is 1. The zero-order valence-corrected chi connectivity index (χ0v) is 14.9. The Morgan fingerprint density at radius 3 is 1.62 bits per heavy atom. The van der Waals surface area contributed by atoms with Gasteiger partial charge in [0.1, 0.15) is 11.4 Å². The molecule has 1 N–H and O–H groups in total. The van der Waals surface area contributed by atoms with Crippen LogP contribution < -0.4 is 5.43 Å². The SMILES string of the molecule is Cc1cccc(C(=O)NN=C(c2cccc(C)n2)c2cccc(C)n2)n1. The summed E-state index contributed by atoms with van der Waals surface area (Å²) < 4.78 is 0. The van der Waals surface area contributed by atoms with Crippen LogP contribution in [0.4, 0.5) is 0 Å². The Morgan fingerprint density at radius 1 is 0.731 bits per heavy atom. The highest BCUT2D eigenvalue weighted by molar-refractivity contribution is 6.11. The lowest BCUT2D eigenvalue weighted by molar-refractivity contribution is 0.0949. The van der Waals surface area contributed by atoms with E-state index < -0.39 is 0 Å². The van der Waals surface area contributed by atoms with E-state index in [0.717, 1.165) is 17.1 Å². The average Bonchev–Trinajstić information content (AvgIpc) is 2.62. The Morgan fingerprint density at radius 2 is 1.15 bits per heavy atom. The lowest BCUT2D eigenvalue weighted by Crippen LogP contribution is -2.22. The summed E-state index contributed by atoms with van der Waals surface area (Å²) in [5, 5.41) is 4.30. The highest BCUT2D eigenvalue weighted by Gasteiger charge is 2.13. The number of carbonyl (C=O) groups is 1. The first-order valence-electron chi connectivity index (χ1n) is 8.23. The van der Waals surface area contributed by atoms with Crippen molar-refractivity contribution in [1.82, 2.24) is 20.4 Å². The summed E-state index contributed by atoms with van der Waals surface area (Å²) in [6.07, 6.45) is 0. The molecule has 0 fully saturated rings. The number of aromatic nitrogens is 3. The summed E-state index contributed by atoms with van der Waals surface area (Å²) in [5.74, 6) is -0.383. The molecule has 130 valence electrons. The summed E-state index contributed by atoms with van der Waals surface area (Å²) >= 11 is 0. The quantitative estimate of drug-likeness (QED) is 0.582. The summed E-state index contributed by atoms with van der Waals surface area (Å²) in [4.78, 5) is 25.6. The predicted octanol–water partition coefficient (Wildman–Crippen LogP) is 2.98. The number of hydrazone groups is 1. The van der Waals surface area contributed by atoms with Gasteiger partial charge in [-0.1, -0.05) is 18.2 Å². The van der Waals surface area contributed by atoms with Gasteiger partial charge >= 0.3 is 0 Å². The van der Waals surface area contributed by atoms with Crippen molar-refractivity contribution in [2.24, 2.45) is 5.10 Å². The molecule has 6 heteroatoms. The predicted molar refractivity (Wildman–Crippen MR) is 100 cm³/mol. The van der Waals surface area contributed by atoms with Crippen molar-refractivity contribution in [1.29, 1.82) is 0 Å². The second kappa shape index (κ2) is 7.65. The largest absolute Gasteiger partial charge is 0.289 e. The standard InChI is InChI=1S/C20H19N5O/c1-13-7-4-10-16(21-13)19(17-11-5-8-14(2)22-17)24-25-20(26)18-12-6-9-15(3)23-18/h4-12H,1-3H3,(H,25,26). The van der Waals surface area contributed by atoms with Gasteiger partial charge < -0.3 is 0 Å². The third kappa shape index (κ3) is 4.16. The van der Waals surface area contributed by atoms with Gasteiger partial charge in [-0.2, -0.15) is 5.10 Å². The molecule has 0 spiro atoms. The molecule has 0 aliphatic carbocycles. The van der Waals surface area contributed by atoms with Gasteiger partial charge in [0.05, 0.1) is 11.4 Å². The lowest BCUT2D eigenvalue weighted by Gasteiger charge is -2.08. The Balaban J connectivity index is 1.97. The number of carbonyl (C=O) groups excluding carboxylic acids is 1. The van der Waals surface area contributed by atoms with Crippen molar-refractivity contribution >= 4 is 11.6 Å². The van der Waals surface area contributed by atoms with Crippen molar-refractivity contribution in [2.75, 3.05) is 0 Å². The minimum atomic E-state index is -0.383. The van der Waals surface area contributed by atoms with Crippen molar-refractivity contribution in [3.05, 3.63) is 88.8 Å². The molecular formula is C20H19N5O. The Hall–Kier alpha value is -3.41. The molecule has 0 atom stereocenters. The monoisotopic (exact) mass is 345 g/mol. The number of aryl methyl sites for hydroxylation is 3. The molecule has 1 amide bonds. The highest BCUT2D eigenvalue weighted by Crippen LogP contribution is 2.09. The van der Waals surface area contributed by atoms with Crippen molar-refractivity contribution in [3.63, 3.8) is 0 Å². The number of amides is 1. The van der Waals surface area contributed by atoms with Crippen LogP contribution in [-0.4, -0.2) is 26.6 Å². The first-order chi connectivity index (χ1) is 12.5. The van der Waals surface area contributed by atoms with Gasteiger partial charge in [0, 0.05) is 17.1 Å². The molecule has 0 unspecified atom stereocenters. The molecule has 0 bridgehead atoms. The van der Waals surface area contributed by atoms with E-state index in [1.807, 2.05) is 63.2 Å². The number of pyridine rings is 3. The Labute approximate surface area is 152 Å². The molecule has 3 aromatic rings. The second-order valence-corrected chi connectivity index (χ2v) is 5.89. The van der Waals surface area contributed by atoms with Crippen molar-refractivity contribution < 1.29 is 4.79 Å². The third-order valence-electron chi connectivity index (χ3n) is 3.65. The van der Waals surface area contributed by atoms with Crippen LogP contribution in [0.15, 0.2) is 59.7 Å². The molecule has 3 rings (SSSR count). The van der Waals surface area contributed by atoms with Gasteiger partial charge in [-0.15, -0.1) is 0 Å². The zero-order chi connectivity index (χ0) is 18.5. The second-order valence-electron chi connectivity index (χ2n) is 5.89. The summed E-state index contributed by atoms with van der Waals surface area (Å²) in [5.41, 5.74) is 7.13. The number of hydrogen-bond donors (Lipinski definition) is 1. The fourth-order valence-electron chi connectivity index (χ4n) is 2.43. The van der Waals surface area contributed by atoms with Crippen LogP contribution in [0.5, 0.6) is 0 Å². The van der Waals surface area contributed by atoms with Gasteiger partial charge in [-0.25, -0.2) is 10.4 Å². The van der Waals surface area contributed by atoms with E-state index in [-0.39, 0.29) is 5.91 Å². The number of rotatable bonds is 4. The molecule has 0 radical (unpaired) electrons. The molecule has 0 aliphatic rings. The molecule has 0 aromatic carbocycles. The Bertz CT molecular complexity index is 934. The number of nitrogens with zero attached hydrogens (tertiary/aromatic N) is 4. The molecule has 3 heterocycles. The van der Waals surface area contributed by atoms with E-state index >= 15 is 0 Å². The highest BCUT2D eigenvalue weighted by atomic mass is 16.2. The molecule has 6 nitrogen and oxygen atoms in total. The third-order valence-corrected chi connectivity index (χ3v) is 3.65. The van der Waals surface area contributed by atoms with Crippen molar-refractivity contribution in [3.8, 4) is 0 Å². The van der Waals surface area contributed by atoms with E-state index in [2.05, 4.69) is 25.5 Å². The molecule has 3 aromatic heterocycles. The van der Waals surface area contributed by atoms with Crippen LogP contribution in [0.1, 0.15) is 39.0 Å². The topological polar surface area (TPSA) is 80.1 Å². The minimum absolute atomic E-state index is 0.308. The molecule has 26 heavy (non-hydrogen) atoms. The maximum absolute atomic E-state index is 12.4. The Kier molecular flexibility index (Phi) is 5.12. The maximum Gasteiger partial charge on any atom is 0.289 e. The van der Waals surface area contributed by atoms with Crippen LogP contribution >= 0.6 is 0 Å². The number of hydrogen-bond acceptors (Lipinski definition) is 5. The van der Waals surface area contributed by atoms with Gasteiger partial charge in [-0.3, -0.25) is 14.8 Å². The van der Waals surface area contributed by atoms with Gasteiger partial charge in [-0.05, 0) is 57.2 Å². The summed E-state index contributed by atoms with van der Waals surface area (Å²) in [6, 6.07) is 16.5. The van der Waals surface area contributed by atoms with Gasteiger partial charge in [0.15, 0.2) is 0 Å². The van der Waals surface area contributed by atoms with Crippen LogP contribution in [-0.2, 0) is 0 Å². The molecule has 0 saturated carbocycles. The first-order valence-corrected chi connectivity index (χ1v) is 8.23.